The molecule has 2 fully saturated rings. The van der Waals surface area contributed by atoms with Gasteiger partial charge in [0.05, 0.1) is 6.10 Å². The highest BCUT2D eigenvalue weighted by Crippen LogP contribution is 2.35. The molecule has 0 amide bonds. The lowest BCUT2D eigenvalue weighted by atomic mass is 9.82. The van der Waals surface area contributed by atoms with Crippen molar-refractivity contribution in [3.8, 4) is 0 Å². The van der Waals surface area contributed by atoms with E-state index in [4.69, 9.17) is 0 Å². The number of β-amino-alcohol motifs (C(OH)–C–C–N with tert-alkyl or cyclic N) is 1. The Balaban J connectivity index is 1.80. The fourth-order valence-electron chi connectivity index (χ4n) is 3.00. The maximum atomic E-state index is 12.1. The zero-order valence-corrected chi connectivity index (χ0v) is 8.66. The van der Waals surface area contributed by atoms with E-state index >= 15 is 0 Å². The number of nitrogens with zero attached hydrogens (tertiary/aromatic N) is 1. The minimum Gasteiger partial charge on any atom is -0.389 e. The van der Waals surface area contributed by atoms with Crippen LogP contribution in [0.2, 0.25) is 0 Å². The molecule has 1 saturated heterocycles. The quantitative estimate of drug-likeness (QED) is 0.747. The van der Waals surface area contributed by atoms with Crippen molar-refractivity contribution in [2.24, 2.45) is 11.8 Å². The van der Waals surface area contributed by atoms with Gasteiger partial charge in [0.1, 0.15) is 6.67 Å². The van der Waals surface area contributed by atoms with Crippen LogP contribution in [0.3, 0.4) is 0 Å². The predicted molar refractivity (Wildman–Crippen MR) is 53.9 cm³/mol. The van der Waals surface area contributed by atoms with Crippen LogP contribution < -0.4 is 0 Å². The second kappa shape index (κ2) is 4.58. The topological polar surface area (TPSA) is 23.5 Å². The summed E-state index contributed by atoms with van der Waals surface area (Å²) in [5.41, 5.74) is 0. The van der Waals surface area contributed by atoms with Crippen molar-refractivity contribution in [2.75, 3.05) is 26.3 Å². The van der Waals surface area contributed by atoms with E-state index in [9.17, 15) is 9.50 Å². The summed E-state index contributed by atoms with van der Waals surface area (Å²) in [6.07, 6.45) is 4.64. The summed E-state index contributed by atoms with van der Waals surface area (Å²) >= 11 is 0. The van der Waals surface area contributed by atoms with Crippen LogP contribution in [-0.4, -0.2) is 42.4 Å². The predicted octanol–water partition coefficient (Wildman–Crippen LogP) is 1.44. The van der Waals surface area contributed by atoms with Gasteiger partial charge in [0.2, 0.25) is 0 Å². The van der Waals surface area contributed by atoms with Gasteiger partial charge in [-0.1, -0.05) is 12.8 Å². The highest BCUT2D eigenvalue weighted by atomic mass is 19.1. The Labute approximate surface area is 85.1 Å². The number of likely N-dealkylation sites (tertiary alicyclic amines) is 1. The zero-order chi connectivity index (χ0) is 9.97. The number of hydrogen-bond acceptors (Lipinski definition) is 2. The van der Waals surface area contributed by atoms with Crippen molar-refractivity contribution >= 4 is 0 Å². The summed E-state index contributed by atoms with van der Waals surface area (Å²) < 4.78 is 12.1. The third-order valence-corrected chi connectivity index (χ3v) is 3.70. The first-order valence-electron chi connectivity index (χ1n) is 5.76. The van der Waals surface area contributed by atoms with Crippen molar-refractivity contribution in [3.63, 3.8) is 0 Å². The van der Waals surface area contributed by atoms with E-state index in [1.165, 1.54) is 25.7 Å². The van der Waals surface area contributed by atoms with E-state index < -0.39 is 12.8 Å². The minimum absolute atomic E-state index is 0.531. The lowest BCUT2D eigenvalue weighted by Crippen LogP contribution is -2.32. The molecule has 0 radical (unpaired) electrons. The Kier molecular flexibility index (Phi) is 3.39. The maximum Gasteiger partial charge on any atom is 0.117 e. The molecular formula is C11H20FNO. The minimum atomic E-state index is -0.768. The van der Waals surface area contributed by atoms with E-state index in [0.717, 1.165) is 24.9 Å². The number of rotatable bonds is 3. The smallest absolute Gasteiger partial charge is 0.117 e. The Morgan fingerprint density at radius 1 is 1.21 bits per heavy atom. The third kappa shape index (κ3) is 2.26. The van der Waals surface area contributed by atoms with Gasteiger partial charge in [-0.2, -0.15) is 0 Å². The van der Waals surface area contributed by atoms with Crippen LogP contribution in [0.15, 0.2) is 0 Å². The van der Waals surface area contributed by atoms with E-state index in [1.807, 2.05) is 0 Å². The third-order valence-electron chi connectivity index (χ3n) is 3.70. The molecule has 1 heterocycles. The van der Waals surface area contributed by atoms with Crippen LogP contribution in [0.1, 0.15) is 25.7 Å². The molecule has 1 aliphatic heterocycles. The summed E-state index contributed by atoms with van der Waals surface area (Å²) in [6, 6.07) is 0. The SMILES string of the molecule is OC(CF)CN1C[C@H]2CCCC[C@H]2C1. The Bertz CT molecular complexity index is 174. The molecule has 1 aliphatic carbocycles. The number of hydrogen-bond donors (Lipinski definition) is 1. The summed E-state index contributed by atoms with van der Waals surface area (Å²) in [7, 11) is 0. The normalized spacial score (nSPS) is 35.6. The van der Waals surface area contributed by atoms with Gasteiger partial charge >= 0.3 is 0 Å². The number of aliphatic hydroxyl groups is 1. The molecule has 0 spiro atoms. The first kappa shape index (κ1) is 10.4. The fraction of sp³-hybridized carbons (Fsp3) is 1.00. The van der Waals surface area contributed by atoms with Gasteiger partial charge in [-0.3, -0.25) is 0 Å². The van der Waals surface area contributed by atoms with E-state index in [1.54, 1.807) is 0 Å². The van der Waals surface area contributed by atoms with Crippen LogP contribution in [0, 0.1) is 11.8 Å². The van der Waals surface area contributed by atoms with Crippen LogP contribution in [-0.2, 0) is 0 Å². The lowest BCUT2D eigenvalue weighted by Gasteiger charge is -2.23. The molecule has 3 atom stereocenters. The first-order valence-corrected chi connectivity index (χ1v) is 5.76. The molecule has 0 aromatic heterocycles. The van der Waals surface area contributed by atoms with Gasteiger partial charge in [-0.05, 0) is 24.7 Å². The number of alkyl halides is 1. The Morgan fingerprint density at radius 3 is 2.29 bits per heavy atom. The standard InChI is InChI=1S/C11H20FNO/c12-5-11(14)8-13-6-9-3-1-2-4-10(9)7-13/h9-11,14H,1-8H2/t9-,10+,11?. The van der Waals surface area contributed by atoms with Crippen molar-refractivity contribution in [3.05, 3.63) is 0 Å². The summed E-state index contributed by atoms with van der Waals surface area (Å²) in [5, 5.41) is 9.24. The highest BCUT2D eigenvalue weighted by molar-refractivity contribution is 4.87. The molecular weight excluding hydrogens is 181 g/mol. The monoisotopic (exact) mass is 201 g/mol. The highest BCUT2D eigenvalue weighted by Gasteiger charge is 2.34. The van der Waals surface area contributed by atoms with Crippen molar-refractivity contribution in [1.82, 2.24) is 4.90 Å². The fourth-order valence-corrected chi connectivity index (χ4v) is 3.00. The molecule has 1 saturated carbocycles. The number of fused-ring (bicyclic) bond motifs is 1. The molecule has 3 heteroatoms. The molecule has 1 N–H and O–H groups in total. The van der Waals surface area contributed by atoms with Crippen LogP contribution in [0.4, 0.5) is 4.39 Å². The summed E-state index contributed by atoms with van der Waals surface area (Å²) in [5.74, 6) is 1.66. The van der Waals surface area contributed by atoms with Crippen molar-refractivity contribution in [2.45, 2.75) is 31.8 Å². The summed E-state index contributed by atoms with van der Waals surface area (Å²) in [6.45, 7) is 2.10. The van der Waals surface area contributed by atoms with Gasteiger partial charge in [-0.25, -0.2) is 4.39 Å². The molecule has 14 heavy (non-hydrogen) atoms. The van der Waals surface area contributed by atoms with E-state index in [0.29, 0.717) is 6.54 Å². The average Bonchev–Trinajstić information content (AvgIpc) is 2.59. The second-order valence-corrected chi connectivity index (χ2v) is 4.83. The zero-order valence-electron chi connectivity index (χ0n) is 8.66. The molecule has 82 valence electrons. The van der Waals surface area contributed by atoms with Gasteiger partial charge in [-0.15, -0.1) is 0 Å². The van der Waals surface area contributed by atoms with E-state index in [2.05, 4.69) is 4.90 Å². The maximum absolute atomic E-state index is 12.1. The van der Waals surface area contributed by atoms with Crippen molar-refractivity contribution in [1.29, 1.82) is 0 Å². The molecule has 0 bridgehead atoms. The van der Waals surface area contributed by atoms with Gasteiger partial charge in [0.15, 0.2) is 0 Å². The van der Waals surface area contributed by atoms with E-state index in [-0.39, 0.29) is 0 Å². The Morgan fingerprint density at radius 2 is 1.79 bits per heavy atom. The lowest BCUT2D eigenvalue weighted by molar-refractivity contribution is 0.0972. The van der Waals surface area contributed by atoms with Gasteiger partial charge in [0.25, 0.3) is 0 Å². The molecule has 0 aromatic carbocycles. The Hall–Kier alpha value is -0.150. The van der Waals surface area contributed by atoms with Crippen LogP contribution >= 0.6 is 0 Å². The molecule has 2 rings (SSSR count). The molecule has 2 nitrogen and oxygen atoms in total. The van der Waals surface area contributed by atoms with Crippen molar-refractivity contribution < 1.29 is 9.50 Å². The average molecular weight is 201 g/mol. The number of halogens is 1. The van der Waals surface area contributed by atoms with Gasteiger partial charge in [0, 0.05) is 19.6 Å². The van der Waals surface area contributed by atoms with Crippen LogP contribution in [0.5, 0.6) is 0 Å². The first-order chi connectivity index (χ1) is 6.79. The van der Waals surface area contributed by atoms with Gasteiger partial charge < -0.3 is 10.0 Å². The second-order valence-electron chi connectivity index (χ2n) is 4.83. The largest absolute Gasteiger partial charge is 0.389 e. The van der Waals surface area contributed by atoms with Crippen LogP contribution in [0.25, 0.3) is 0 Å². The molecule has 1 unspecified atom stereocenters. The molecule has 0 aromatic rings. The number of aliphatic hydroxyl groups excluding tert-OH is 1. The summed E-state index contributed by atoms with van der Waals surface area (Å²) in [4.78, 5) is 2.24. The molecule has 2 aliphatic rings.